The van der Waals surface area contributed by atoms with Crippen LogP contribution in [0.25, 0.3) is 6.08 Å². The maximum atomic E-state index is 5.87. The van der Waals surface area contributed by atoms with E-state index in [0.29, 0.717) is 28.8 Å². The minimum atomic E-state index is 0.442. The van der Waals surface area contributed by atoms with Gasteiger partial charge in [-0.2, -0.15) is 0 Å². The lowest BCUT2D eigenvalue weighted by Crippen LogP contribution is -1.96. The average molecular weight is 362 g/mol. The first-order chi connectivity index (χ1) is 12.1. The molecule has 25 heavy (non-hydrogen) atoms. The van der Waals surface area contributed by atoms with Crippen molar-refractivity contribution in [3.63, 3.8) is 0 Å². The Hall–Kier alpha value is -2.54. The number of pyridine rings is 1. The third-order valence-electron chi connectivity index (χ3n) is 3.46. The number of benzene rings is 1. The van der Waals surface area contributed by atoms with Gasteiger partial charge in [-0.05, 0) is 23.1 Å². The molecule has 0 radical (unpaired) electrons. The van der Waals surface area contributed by atoms with Gasteiger partial charge >= 0.3 is 0 Å². The van der Waals surface area contributed by atoms with Gasteiger partial charge in [0.05, 0.1) is 39.7 Å². The van der Waals surface area contributed by atoms with E-state index in [0.717, 1.165) is 16.9 Å². The highest BCUT2D eigenvalue weighted by Gasteiger charge is 2.10. The molecule has 0 saturated heterocycles. The van der Waals surface area contributed by atoms with Crippen molar-refractivity contribution in [3.8, 4) is 23.1 Å². The molecular formula is C18H22N2O4S. The van der Waals surface area contributed by atoms with E-state index >= 15 is 0 Å². The van der Waals surface area contributed by atoms with Crippen LogP contribution in [-0.2, 0) is 5.75 Å². The van der Waals surface area contributed by atoms with Gasteiger partial charge in [0.2, 0.25) is 5.88 Å². The molecule has 0 aliphatic heterocycles. The topological polar surface area (TPSA) is 75.8 Å². The number of rotatable bonds is 8. The molecule has 0 amide bonds. The maximum absolute atomic E-state index is 5.87. The summed E-state index contributed by atoms with van der Waals surface area (Å²) in [5, 5.41) is 1.98. The van der Waals surface area contributed by atoms with E-state index in [-0.39, 0.29) is 0 Å². The van der Waals surface area contributed by atoms with Crippen LogP contribution >= 0.6 is 11.8 Å². The van der Waals surface area contributed by atoms with Crippen molar-refractivity contribution in [1.82, 2.24) is 4.98 Å². The molecule has 0 atom stereocenters. The number of ether oxygens (including phenoxy) is 4. The van der Waals surface area contributed by atoms with Gasteiger partial charge in [0, 0.05) is 24.1 Å². The van der Waals surface area contributed by atoms with Gasteiger partial charge in [0.1, 0.15) is 17.2 Å². The summed E-state index contributed by atoms with van der Waals surface area (Å²) >= 11 is 1.61. The van der Waals surface area contributed by atoms with Crippen LogP contribution in [0.1, 0.15) is 11.1 Å². The van der Waals surface area contributed by atoms with Gasteiger partial charge in [0.15, 0.2) is 0 Å². The van der Waals surface area contributed by atoms with Gasteiger partial charge in [-0.25, -0.2) is 4.98 Å². The van der Waals surface area contributed by atoms with Gasteiger partial charge in [-0.1, -0.05) is 0 Å². The van der Waals surface area contributed by atoms with Gasteiger partial charge in [-0.3, -0.25) is 0 Å². The van der Waals surface area contributed by atoms with E-state index < -0.39 is 0 Å². The third-order valence-corrected chi connectivity index (χ3v) is 4.29. The fraction of sp³-hybridized carbons (Fsp3) is 0.278. The summed E-state index contributed by atoms with van der Waals surface area (Å²) in [6.45, 7) is 0. The average Bonchev–Trinajstić information content (AvgIpc) is 2.64. The van der Waals surface area contributed by atoms with Crippen LogP contribution < -0.4 is 24.7 Å². The standard InChI is InChI=1S/C18H22N2O4S/c1-21-13-8-16(22-2)14(17(9-13)23-3)5-6-25-11-12-7-15(19)18(24-4)20-10-12/h5-10H,11,19H2,1-4H3/b6-5+. The van der Waals surface area contributed by atoms with Crippen molar-refractivity contribution in [1.29, 1.82) is 0 Å². The Bertz CT molecular complexity index is 725. The normalized spacial score (nSPS) is 10.7. The number of hydrogen-bond acceptors (Lipinski definition) is 7. The number of hydrogen-bond donors (Lipinski definition) is 1. The number of thioether (sulfide) groups is 1. The fourth-order valence-corrected chi connectivity index (χ4v) is 2.90. The fourth-order valence-electron chi connectivity index (χ4n) is 2.22. The molecule has 0 fully saturated rings. The summed E-state index contributed by atoms with van der Waals surface area (Å²) in [5.74, 6) is 3.22. The van der Waals surface area contributed by atoms with Crippen LogP contribution in [0.5, 0.6) is 23.1 Å². The number of aromatic nitrogens is 1. The first-order valence-electron chi connectivity index (χ1n) is 7.49. The van der Waals surface area contributed by atoms with Crippen molar-refractivity contribution in [3.05, 3.63) is 40.9 Å². The highest BCUT2D eigenvalue weighted by Crippen LogP contribution is 2.35. The molecule has 0 spiro atoms. The molecule has 134 valence electrons. The maximum Gasteiger partial charge on any atom is 0.236 e. The largest absolute Gasteiger partial charge is 0.496 e. The monoisotopic (exact) mass is 362 g/mol. The smallest absolute Gasteiger partial charge is 0.236 e. The lowest BCUT2D eigenvalue weighted by atomic mass is 10.1. The molecule has 0 saturated carbocycles. The minimum Gasteiger partial charge on any atom is -0.496 e. The second-order valence-corrected chi connectivity index (χ2v) is 5.90. The highest BCUT2D eigenvalue weighted by atomic mass is 32.2. The summed E-state index contributed by atoms with van der Waals surface area (Å²) in [6.07, 6.45) is 3.70. The molecule has 1 heterocycles. The van der Waals surface area contributed by atoms with E-state index in [1.54, 1.807) is 46.4 Å². The van der Waals surface area contributed by atoms with E-state index in [4.69, 9.17) is 24.7 Å². The molecule has 0 bridgehead atoms. The Kier molecular flexibility index (Phi) is 6.82. The minimum absolute atomic E-state index is 0.442. The van der Waals surface area contributed by atoms with Crippen molar-refractivity contribution >= 4 is 23.5 Å². The SMILES string of the molecule is COc1cc(OC)c(/C=C/SCc2cnc(OC)c(N)c2)c(OC)c1. The molecule has 2 aromatic rings. The van der Waals surface area contributed by atoms with Crippen LogP contribution in [0, 0.1) is 0 Å². The second-order valence-electron chi connectivity index (χ2n) is 5.00. The molecule has 0 aliphatic carbocycles. The number of methoxy groups -OCH3 is 4. The summed E-state index contributed by atoms with van der Waals surface area (Å²) < 4.78 is 21.2. The van der Waals surface area contributed by atoms with E-state index in [1.807, 2.05) is 29.7 Å². The molecule has 0 aliphatic rings. The van der Waals surface area contributed by atoms with E-state index in [2.05, 4.69) is 4.98 Å². The number of anilines is 1. The summed E-state index contributed by atoms with van der Waals surface area (Å²) in [4.78, 5) is 4.17. The van der Waals surface area contributed by atoms with Gasteiger partial charge in [-0.15, -0.1) is 11.8 Å². The van der Waals surface area contributed by atoms with Crippen LogP contribution in [0.3, 0.4) is 0 Å². The molecule has 1 aromatic heterocycles. The Labute approximate surface area is 151 Å². The first kappa shape index (κ1) is 18.8. The second kappa shape index (κ2) is 9.08. The Morgan fingerprint density at radius 1 is 1.00 bits per heavy atom. The van der Waals surface area contributed by atoms with Crippen LogP contribution in [0.2, 0.25) is 0 Å². The number of nitrogens with two attached hydrogens (primary N) is 1. The van der Waals surface area contributed by atoms with Crippen molar-refractivity contribution in [2.45, 2.75) is 5.75 Å². The Morgan fingerprint density at radius 2 is 1.68 bits per heavy atom. The molecule has 1 aromatic carbocycles. The van der Waals surface area contributed by atoms with Crippen LogP contribution in [0.15, 0.2) is 29.8 Å². The number of nitrogens with zero attached hydrogens (tertiary/aromatic N) is 1. The predicted molar refractivity (Wildman–Crippen MR) is 102 cm³/mol. The zero-order chi connectivity index (χ0) is 18.2. The van der Waals surface area contributed by atoms with E-state index in [1.165, 1.54) is 0 Å². The van der Waals surface area contributed by atoms with Crippen LogP contribution in [-0.4, -0.2) is 33.4 Å². The van der Waals surface area contributed by atoms with Crippen LogP contribution in [0.4, 0.5) is 5.69 Å². The lowest BCUT2D eigenvalue weighted by molar-refractivity contribution is 0.374. The predicted octanol–water partition coefficient (Wildman–Crippen LogP) is 3.60. The van der Waals surface area contributed by atoms with Gasteiger partial charge < -0.3 is 24.7 Å². The molecule has 2 N–H and O–H groups in total. The Balaban J connectivity index is 2.10. The zero-order valence-electron chi connectivity index (χ0n) is 14.7. The quantitative estimate of drug-likeness (QED) is 0.769. The number of nitrogen functional groups attached to an aromatic ring is 1. The molecule has 6 nitrogen and oxygen atoms in total. The summed E-state index contributed by atoms with van der Waals surface area (Å²) in [6, 6.07) is 5.50. The summed E-state index contributed by atoms with van der Waals surface area (Å²) in [5.41, 5.74) is 8.27. The third kappa shape index (κ3) is 4.73. The Morgan fingerprint density at radius 3 is 2.20 bits per heavy atom. The highest BCUT2D eigenvalue weighted by molar-refractivity contribution is 8.01. The zero-order valence-corrected chi connectivity index (χ0v) is 15.6. The summed E-state index contributed by atoms with van der Waals surface area (Å²) in [7, 11) is 6.38. The van der Waals surface area contributed by atoms with Crippen molar-refractivity contribution in [2.75, 3.05) is 34.2 Å². The molecule has 0 unspecified atom stereocenters. The molecule has 7 heteroatoms. The first-order valence-corrected chi connectivity index (χ1v) is 8.54. The van der Waals surface area contributed by atoms with E-state index in [9.17, 15) is 0 Å². The lowest BCUT2D eigenvalue weighted by Gasteiger charge is -2.12. The van der Waals surface area contributed by atoms with Gasteiger partial charge in [0.25, 0.3) is 0 Å². The molecular weight excluding hydrogens is 340 g/mol. The van der Waals surface area contributed by atoms with Crippen molar-refractivity contribution < 1.29 is 18.9 Å². The van der Waals surface area contributed by atoms with Crippen molar-refractivity contribution in [2.24, 2.45) is 0 Å². The molecule has 2 rings (SSSR count).